The second-order valence-corrected chi connectivity index (χ2v) is 5.47. The highest BCUT2D eigenvalue weighted by molar-refractivity contribution is 5.74. The van der Waals surface area contributed by atoms with Crippen molar-refractivity contribution >= 4 is 12.0 Å². The van der Waals surface area contributed by atoms with Crippen molar-refractivity contribution in [2.45, 2.75) is 39.5 Å². The molecule has 1 fully saturated rings. The molecule has 0 bridgehead atoms. The molecule has 104 valence electrons. The molecule has 0 aromatic heterocycles. The molecule has 1 aliphatic rings. The van der Waals surface area contributed by atoms with Gasteiger partial charge < -0.3 is 15.3 Å². The minimum atomic E-state index is -0.779. The molecular formula is C13H24N2O3. The summed E-state index contributed by atoms with van der Waals surface area (Å²) < 4.78 is 0. The van der Waals surface area contributed by atoms with Crippen LogP contribution < -0.4 is 5.32 Å². The first-order chi connectivity index (χ1) is 8.49. The zero-order valence-electron chi connectivity index (χ0n) is 11.3. The summed E-state index contributed by atoms with van der Waals surface area (Å²) in [7, 11) is 0. The van der Waals surface area contributed by atoms with Crippen LogP contribution in [0.4, 0.5) is 4.79 Å². The highest BCUT2D eigenvalue weighted by Gasteiger charge is 2.27. The van der Waals surface area contributed by atoms with Gasteiger partial charge in [-0.05, 0) is 31.1 Å². The van der Waals surface area contributed by atoms with Gasteiger partial charge in [-0.2, -0.15) is 0 Å². The van der Waals surface area contributed by atoms with Crippen molar-refractivity contribution in [3.8, 4) is 0 Å². The van der Waals surface area contributed by atoms with E-state index >= 15 is 0 Å². The average Bonchev–Trinajstić information content (AvgIpc) is 2.71. The van der Waals surface area contributed by atoms with Gasteiger partial charge in [0.15, 0.2) is 0 Å². The van der Waals surface area contributed by atoms with Gasteiger partial charge in [-0.25, -0.2) is 4.79 Å². The van der Waals surface area contributed by atoms with Crippen molar-refractivity contribution < 1.29 is 14.7 Å². The van der Waals surface area contributed by atoms with Crippen LogP contribution in [-0.2, 0) is 4.79 Å². The third-order valence-electron chi connectivity index (χ3n) is 3.27. The van der Waals surface area contributed by atoms with Crippen molar-refractivity contribution in [1.29, 1.82) is 0 Å². The summed E-state index contributed by atoms with van der Waals surface area (Å²) in [5, 5.41) is 11.6. The number of carbonyl (C=O) groups is 2. The van der Waals surface area contributed by atoms with E-state index in [4.69, 9.17) is 5.11 Å². The molecule has 2 amide bonds. The second kappa shape index (κ2) is 7.24. The maximum absolute atomic E-state index is 11.8. The van der Waals surface area contributed by atoms with Crippen LogP contribution in [-0.4, -0.2) is 41.6 Å². The number of aliphatic carboxylic acids is 1. The SMILES string of the molecule is CC(C)CCCNC(=O)N1CCC(CC(=O)O)C1. The first kappa shape index (κ1) is 14.8. The Morgan fingerprint density at radius 1 is 1.44 bits per heavy atom. The predicted molar refractivity (Wildman–Crippen MR) is 69.4 cm³/mol. The summed E-state index contributed by atoms with van der Waals surface area (Å²) in [6, 6.07) is -0.0494. The van der Waals surface area contributed by atoms with Gasteiger partial charge in [0.2, 0.25) is 0 Å². The maximum atomic E-state index is 11.8. The van der Waals surface area contributed by atoms with Crippen LogP contribution in [0.2, 0.25) is 0 Å². The zero-order chi connectivity index (χ0) is 13.5. The highest BCUT2D eigenvalue weighted by atomic mass is 16.4. The van der Waals surface area contributed by atoms with Gasteiger partial charge in [0.25, 0.3) is 0 Å². The van der Waals surface area contributed by atoms with E-state index in [1.54, 1.807) is 4.90 Å². The van der Waals surface area contributed by atoms with Crippen molar-refractivity contribution in [2.24, 2.45) is 11.8 Å². The van der Waals surface area contributed by atoms with Crippen molar-refractivity contribution in [2.75, 3.05) is 19.6 Å². The minimum absolute atomic E-state index is 0.0494. The number of carbonyl (C=O) groups excluding carboxylic acids is 1. The molecule has 1 atom stereocenters. The lowest BCUT2D eigenvalue weighted by molar-refractivity contribution is -0.138. The fourth-order valence-electron chi connectivity index (χ4n) is 2.25. The molecule has 18 heavy (non-hydrogen) atoms. The lowest BCUT2D eigenvalue weighted by Gasteiger charge is -2.17. The topological polar surface area (TPSA) is 69.6 Å². The van der Waals surface area contributed by atoms with Crippen LogP contribution in [0.3, 0.4) is 0 Å². The quantitative estimate of drug-likeness (QED) is 0.713. The van der Waals surface area contributed by atoms with Gasteiger partial charge in [-0.1, -0.05) is 13.8 Å². The number of nitrogens with one attached hydrogen (secondary N) is 1. The average molecular weight is 256 g/mol. The van der Waals surface area contributed by atoms with E-state index < -0.39 is 5.97 Å². The Kier molecular flexibility index (Phi) is 5.95. The Morgan fingerprint density at radius 3 is 2.78 bits per heavy atom. The van der Waals surface area contributed by atoms with E-state index in [-0.39, 0.29) is 18.4 Å². The number of urea groups is 1. The molecule has 5 nitrogen and oxygen atoms in total. The number of hydrogen-bond acceptors (Lipinski definition) is 2. The third kappa shape index (κ3) is 5.38. The van der Waals surface area contributed by atoms with E-state index in [2.05, 4.69) is 19.2 Å². The van der Waals surface area contributed by atoms with Gasteiger partial charge in [0.05, 0.1) is 0 Å². The van der Waals surface area contributed by atoms with Gasteiger partial charge in [0.1, 0.15) is 0 Å². The largest absolute Gasteiger partial charge is 0.481 e. The summed E-state index contributed by atoms with van der Waals surface area (Å²) >= 11 is 0. The molecule has 1 saturated heterocycles. The van der Waals surface area contributed by atoms with Gasteiger partial charge in [0, 0.05) is 26.1 Å². The molecule has 1 aliphatic heterocycles. The molecule has 1 rings (SSSR count). The van der Waals surface area contributed by atoms with Crippen molar-refractivity contribution in [1.82, 2.24) is 10.2 Å². The molecule has 0 radical (unpaired) electrons. The second-order valence-electron chi connectivity index (χ2n) is 5.47. The highest BCUT2D eigenvalue weighted by Crippen LogP contribution is 2.19. The van der Waals surface area contributed by atoms with Crippen LogP contribution >= 0.6 is 0 Å². The third-order valence-corrected chi connectivity index (χ3v) is 3.27. The summed E-state index contributed by atoms with van der Waals surface area (Å²) in [5.74, 6) is -0.00302. The van der Waals surface area contributed by atoms with Crippen LogP contribution in [0, 0.1) is 11.8 Å². The molecule has 1 unspecified atom stereocenters. The van der Waals surface area contributed by atoms with E-state index in [0.717, 1.165) is 19.3 Å². The molecule has 1 heterocycles. The number of amides is 2. The molecule has 0 aromatic carbocycles. The normalized spacial score (nSPS) is 19.3. The van der Waals surface area contributed by atoms with Gasteiger partial charge in [-0.15, -0.1) is 0 Å². The van der Waals surface area contributed by atoms with E-state index in [1.165, 1.54) is 0 Å². The summed E-state index contributed by atoms with van der Waals surface area (Å²) in [6.45, 7) is 6.28. The van der Waals surface area contributed by atoms with Crippen LogP contribution in [0.1, 0.15) is 39.5 Å². The molecule has 0 spiro atoms. The number of hydrogen-bond donors (Lipinski definition) is 2. The lowest BCUT2D eigenvalue weighted by atomic mass is 10.1. The molecule has 2 N–H and O–H groups in total. The van der Waals surface area contributed by atoms with Crippen molar-refractivity contribution in [3.05, 3.63) is 0 Å². The molecule has 0 aromatic rings. The standard InChI is InChI=1S/C13H24N2O3/c1-10(2)4-3-6-14-13(18)15-7-5-11(9-15)8-12(16)17/h10-11H,3-9H2,1-2H3,(H,14,18)(H,16,17). The Balaban J connectivity index is 2.17. The number of carboxylic acid groups (broad SMARTS) is 1. The lowest BCUT2D eigenvalue weighted by Crippen LogP contribution is -2.39. The Labute approximate surface area is 109 Å². The summed E-state index contributed by atoms with van der Waals surface area (Å²) in [5.41, 5.74) is 0. The van der Waals surface area contributed by atoms with Crippen molar-refractivity contribution in [3.63, 3.8) is 0 Å². The molecule has 0 aliphatic carbocycles. The van der Waals surface area contributed by atoms with E-state index in [0.29, 0.717) is 25.6 Å². The fraction of sp³-hybridized carbons (Fsp3) is 0.846. The van der Waals surface area contributed by atoms with Gasteiger partial charge >= 0.3 is 12.0 Å². The fourth-order valence-corrected chi connectivity index (χ4v) is 2.25. The number of nitrogens with zero attached hydrogens (tertiary/aromatic N) is 1. The summed E-state index contributed by atoms with van der Waals surface area (Å²) in [6.07, 6.45) is 3.07. The number of rotatable bonds is 6. The van der Waals surface area contributed by atoms with Crippen LogP contribution in [0.5, 0.6) is 0 Å². The first-order valence-electron chi connectivity index (χ1n) is 6.73. The smallest absolute Gasteiger partial charge is 0.317 e. The monoisotopic (exact) mass is 256 g/mol. The Morgan fingerprint density at radius 2 is 2.17 bits per heavy atom. The minimum Gasteiger partial charge on any atom is -0.481 e. The molecule has 0 saturated carbocycles. The van der Waals surface area contributed by atoms with Crippen LogP contribution in [0.25, 0.3) is 0 Å². The maximum Gasteiger partial charge on any atom is 0.317 e. The number of carboxylic acids is 1. The Bertz CT molecular complexity index is 292. The molecular weight excluding hydrogens is 232 g/mol. The Hall–Kier alpha value is -1.26. The first-order valence-corrected chi connectivity index (χ1v) is 6.73. The predicted octanol–water partition coefficient (Wildman–Crippen LogP) is 1.93. The van der Waals surface area contributed by atoms with E-state index in [1.807, 2.05) is 0 Å². The van der Waals surface area contributed by atoms with E-state index in [9.17, 15) is 9.59 Å². The van der Waals surface area contributed by atoms with Crippen LogP contribution in [0.15, 0.2) is 0 Å². The molecule has 5 heteroatoms. The number of likely N-dealkylation sites (tertiary alicyclic amines) is 1. The summed E-state index contributed by atoms with van der Waals surface area (Å²) in [4.78, 5) is 24.1. The zero-order valence-corrected chi connectivity index (χ0v) is 11.3. The van der Waals surface area contributed by atoms with Gasteiger partial charge in [-0.3, -0.25) is 4.79 Å².